The van der Waals surface area contributed by atoms with Crippen LogP contribution in [0.4, 0.5) is 10.1 Å². The van der Waals surface area contributed by atoms with Crippen LogP contribution in [-0.4, -0.2) is 56.7 Å². The number of amides is 1. The Labute approximate surface area is 157 Å². The number of anilines is 1. The molecular weight excluding hydrogens is 351 g/mol. The Balaban J connectivity index is 1.48. The standard InChI is InChI=1S/C20H21FN2O4/c1-26-16-8-6-15(7-9-16)20(25)27-14-19(24)23-12-10-22(11-13-23)18-5-3-2-4-17(18)21/h2-9H,10-14H2,1H3. The lowest BCUT2D eigenvalue weighted by atomic mass is 10.2. The number of benzene rings is 2. The van der Waals surface area contributed by atoms with E-state index in [-0.39, 0.29) is 18.3 Å². The molecule has 27 heavy (non-hydrogen) atoms. The van der Waals surface area contributed by atoms with E-state index in [1.165, 1.54) is 13.2 Å². The average Bonchev–Trinajstić information content (AvgIpc) is 2.72. The number of ether oxygens (including phenoxy) is 2. The molecule has 1 heterocycles. The van der Waals surface area contributed by atoms with Gasteiger partial charge in [-0.05, 0) is 36.4 Å². The molecule has 0 N–H and O–H groups in total. The van der Waals surface area contributed by atoms with Crippen LogP contribution < -0.4 is 9.64 Å². The number of rotatable bonds is 5. The van der Waals surface area contributed by atoms with E-state index in [0.717, 1.165) is 0 Å². The van der Waals surface area contributed by atoms with Gasteiger partial charge in [0.1, 0.15) is 11.6 Å². The lowest BCUT2D eigenvalue weighted by Crippen LogP contribution is -2.50. The van der Waals surface area contributed by atoms with Crippen molar-refractivity contribution in [1.29, 1.82) is 0 Å². The molecule has 0 saturated carbocycles. The van der Waals surface area contributed by atoms with Crippen LogP contribution in [0.25, 0.3) is 0 Å². The topological polar surface area (TPSA) is 59.1 Å². The van der Waals surface area contributed by atoms with E-state index >= 15 is 0 Å². The zero-order chi connectivity index (χ0) is 19.2. The Morgan fingerprint density at radius 1 is 1.00 bits per heavy atom. The van der Waals surface area contributed by atoms with Crippen LogP contribution in [0, 0.1) is 5.82 Å². The highest BCUT2D eigenvalue weighted by molar-refractivity contribution is 5.91. The number of esters is 1. The summed E-state index contributed by atoms with van der Waals surface area (Å²) in [6, 6.07) is 13.1. The molecule has 0 radical (unpaired) electrons. The van der Waals surface area contributed by atoms with E-state index in [4.69, 9.17) is 9.47 Å². The van der Waals surface area contributed by atoms with Crippen molar-refractivity contribution in [2.45, 2.75) is 0 Å². The highest BCUT2D eigenvalue weighted by Crippen LogP contribution is 2.20. The van der Waals surface area contributed by atoms with Gasteiger partial charge in [-0.2, -0.15) is 0 Å². The molecule has 1 saturated heterocycles. The predicted octanol–water partition coefficient (Wildman–Crippen LogP) is 2.34. The molecule has 2 aromatic carbocycles. The monoisotopic (exact) mass is 372 g/mol. The summed E-state index contributed by atoms with van der Waals surface area (Å²) in [5.41, 5.74) is 0.892. The Kier molecular flexibility index (Phi) is 5.90. The summed E-state index contributed by atoms with van der Waals surface area (Å²) >= 11 is 0. The van der Waals surface area contributed by atoms with Crippen LogP contribution in [-0.2, 0) is 9.53 Å². The van der Waals surface area contributed by atoms with Crippen molar-refractivity contribution in [3.8, 4) is 5.75 Å². The molecule has 0 bridgehead atoms. The van der Waals surface area contributed by atoms with Crippen molar-refractivity contribution in [3.05, 3.63) is 59.9 Å². The minimum atomic E-state index is -0.559. The Morgan fingerprint density at radius 2 is 1.67 bits per heavy atom. The largest absolute Gasteiger partial charge is 0.497 e. The molecule has 0 atom stereocenters. The molecule has 0 aliphatic carbocycles. The lowest BCUT2D eigenvalue weighted by Gasteiger charge is -2.36. The van der Waals surface area contributed by atoms with Gasteiger partial charge in [-0.1, -0.05) is 12.1 Å². The van der Waals surface area contributed by atoms with Gasteiger partial charge in [-0.3, -0.25) is 4.79 Å². The van der Waals surface area contributed by atoms with Crippen LogP contribution in [0.3, 0.4) is 0 Å². The molecule has 0 aromatic heterocycles. The van der Waals surface area contributed by atoms with Crippen molar-refractivity contribution in [2.75, 3.05) is 44.8 Å². The number of methoxy groups -OCH3 is 1. The van der Waals surface area contributed by atoms with Crippen LogP contribution in [0.2, 0.25) is 0 Å². The number of halogens is 1. The molecule has 3 rings (SSSR count). The molecule has 1 amide bonds. The van der Waals surface area contributed by atoms with Gasteiger partial charge in [0, 0.05) is 26.2 Å². The van der Waals surface area contributed by atoms with E-state index in [2.05, 4.69) is 0 Å². The zero-order valence-electron chi connectivity index (χ0n) is 15.1. The maximum Gasteiger partial charge on any atom is 0.338 e. The fourth-order valence-electron chi connectivity index (χ4n) is 2.93. The number of hydrogen-bond donors (Lipinski definition) is 0. The van der Waals surface area contributed by atoms with Crippen LogP contribution in [0.5, 0.6) is 5.75 Å². The molecule has 1 aliphatic rings. The highest BCUT2D eigenvalue weighted by Gasteiger charge is 2.23. The maximum atomic E-state index is 13.9. The van der Waals surface area contributed by atoms with Gasteiger partial charge in [-0.15, -0.1) is 0 Å². The smallest absolute Gasteiger partial charge is 0.338 e. The van der Waals surface area contributed by atoms with Crippen LogP contribution in [0.1, 0.15) is 10.4 Å². The number of carbonyl (C=O) groups is 2. The average molecular weight is 372 g/mol. The van der Waals surface area contributed by atoms with Crippen molar-refractivity contribution in [2.24, 2.45) is 0 Å². The lowest BCUT2D eigenvalue weighted by molar-refractivity contribution is -0.134. The summed E-state index contributed by atoms with van der Waals surface area (Å²) in [7, 11) is 1.54. The molecule has 2 aromatic rings. The Morgan fingerprint density at radius 3 is 2.30 bits per heavy atom. The van der Waals surface area contributed by atoms with Crippen molar-refractivity contribution in [1.82, 2.24) is 4.90 Å². The first-order valence-corrected chi connectivity index (χ1v) is 8.67. The minimum absolute atomic E-state index is 0.259. The van der Waals surface area contributed by atoms with E-state index < -0.39 is 5.97 Å². The fraction of sp³-hybridized carbons (Fsp3) is 0.300. The van der Waals surface area contributed by atoms with E-state index in [1.54, 1.807) is 47.4 Å². The fourth-order valence-corrected chi connectivity index (χ4v) is 2.93. The normalized spacial score (nSPS) is 14.0. The van der Waals surface area contributed by atoms with Gasteiger partial charge in [-0.25, -0.2) is 9.18 Å². The minimum Gasteiger partial charge on any atom is -0.497 e. The number of piperazine rings is 1. The predicted molar refractivity (Wildman–Crippen MR) is 98.5 cm³/mol. The first kappa shape index (κ1) is 18.7. The zero-order valence-corrected chi connectivity index (χ0v) is 15.1. The second kappa shape index (κ2) is 8.53. The summed E-state index contributed by atoms with van der Waals surface area (Å²) in [5.74, 6) is -0.456. The summed E-state index contributed by atoms with van der Waals surface area (Å²) in [6.07, 6.45) is 0. The second-order valence-electron chi connectivity index (χ2n) is 6.12. The third-order valence-electron chi connectivity index (χ3n) is 4.48. The summed E-state index contributed by atoms with van der Waals surface area (Å²) in [5, 5.41) is 0. The molecule has 1 aliphatic heterocycles. The molecule has 0 unspecified atom stereocenters. The van der Waals surface area contributed by atoms with E-state index in [1.807, 2.05) is 4.90 Å². The van der Waals surface area contributed by atoms with Gasteiger partial charge < -0.3 is 19.3 Å². The first-order valence-electron chi connectivity index (χ1n) is 8.67. The van der Waals surface area contributed by atoms with Gasteiger partial charge in [0.15, 0.2) is 6.61 Å². The quantitative estimate of drug-likeness (QED) is 0.754. The molecule has 0 spiro atoms. The Hall–Kier alpha value is -3.09. The Bertz CT molecular complexity index is 802. The molecule has 142 valence electrons. The van der Waals surface area contributed by atoms with Crippen LogP contribution in [0.15, 0.2) is 48.5 Å². The third-order valence-corrected chi connectivity index (χ3v) is 4.48. The van der Waals surface area contributed by atoms with Crippen molar-refractivity contribution < 1.29 is 23.5 Å². The number of para-hydroxylation sites is 1. The van der Waals surface area contributed by atoms with Gasteiger partial charge >= 0.3 is 5.97 Å². The van der Waals surface area contributed by atoms with Crippen molar-refractivity contribution >= 4 is 17.6 Å². The van der Waals surface area contributed by atoms with E-state index in [9.17, 15) is 14.0 Å². The van der Waals surface area contributed by atoms with E-state index in [0.29, 0.717) is 43.2 Å². The second-order valence-corrected chi connectivity index (χ2v) is 6.12. The third kappa shape index (κ3) is 4.55. The SMILES string of the molecule is COc1ccc(C(=O)OCC(=O)N2CCN(c3ccccc3F)CC2)cc1. The molecule has 6 nitrogen and oxygen atoms in total. The number of nitrogens with zero attached hydrogens (tertiary/aromatic N) is 2. The summed E-state index contributed by atoms with van der Waals surface area (Å²) in [4.78, 5) is 27.8. The summed E-state index contributed by atoms with van der Waals surface area (Å²) in [6.45, 7) is 1.64. The molecule has 7 heteroatoms. The maximum absolute atomic E-state index is 13.9. The van der Waals surface area contributed by atoms with Gasteiger partial charge in [0.05, 0.1) is 18.4 Å². The summed E-state index contributed by atoms with van der Waals surface area (Å²) < 4.78 is 24.0. The van der Waals surface area contributed by atoms with Gasteiger partial charge in [0.2, 0.25) is 0 Å². The number of carbonyl (C=O) groups excluding carboxylic acids is 2. The first-order chi connectivity index (χ1) is 13.1. The molecular formula is C20H21FN2O4. The highest BCUT2D eigenvalue weighted by atomic mass is 19.1. The van der Waals surface area contributed by atoms with Crippen LogP contribution >= 0.6 is 0 Å². The number of hydrogen-bond acceptors (Lipinski definition) is 5. The molecule has 1 fully saturated rings. The van der Waals surface area contributed by atoms with Gasteiger partial charge in [0.25, 0.3) is 5.91 Å². The van der Waals surface area contributed by atoms with Crippen molar-refractivity contribution in [3.63, 3.8) is 0 Å².